The molecule has 116 valence electrons. The number of morpholine rings is 1. The van der Waals surface area contributed by atoms with Crippen molar-refractivity contribution in [1.82, 2.24) is 14.9 Å². The molecule has 2 saturated heterocycles. The summed E-state index contributed by atoms with van der Waals surface area (Å²) in [5.74, 6) is 2.08. The first-order chi connectivity index (χ1) is 10.2. The van der Waals surface area contributed by atoms with Crippen LogP contribution in [0.4, 0.5) is 11.6 Å². The maximum Gasteiger partial charge on any atom is 0.134 e. The number of piperidine rings is 1. The first kappa shape index (κ1) is 14.5. The second kappa shape index (κ2) is 6.58. The van der Waals surface area contributed by atoms with Gasteiger partial charge in [0.25, 0.3) is 0 Å². The van der Waals surface area contributed by atoms with Gasteiger partial charge < -0.3 is 19.4 Å². The van der Waals surface area contributed by atoms with Gasteiger partial charge in [-0.05, 0) is 26.9 Å². The summed E-state index contributed by atoms with van der Waals surface area (Å²) < 4.78 is 5.41. The minimum absolute atomic E-state index is 0.612. The van der Waals surface area contributed by atoms with Crippen LogP contribution in [-0.2, 0) is 4.74 Å². The number of aromatic nitrogens is 2. The van der Waals surface area contributed by atoms with Crippen molar-refractivity contribution in [2.75, 3.05) is 63.3 Å². The van der Waals surface area contributed by atoms with Crippen molar-refractivity contribution >= 4 is 11.6 Å². The highest BCUT2D eigenvalue weighted by atomic mass is 16.5. The zero-order valence-corrected chi connectivity index (χ0v) is 13.0. The molecule has 0 aliphatic carbocycles. The Morgan fingerprint density at radius 3 is 2.52 bits per heavy atom. The van der Waals surface area contributed by atoms with E-state index < -0.39 is 0 Å². The first-order valence-corrected chi connectivity index (χ1v) is 7.80. The van der Waals surface area contributed by atoms with Gasteiger partial charge >= 0.3 is 0 Å². The second-order valence-corrected chi connectivity index (χ2v) is 6.04. The summed E-state index contributed by atoms with van der Waals surface area (Å²) in [4.78, 5) is 15.9. The van der Waals surface area contributed by atoms with Crippen molar-refractivity contribution in [1.29, 1.82) is 0 Å². The monoisotopic (exact) mass is 291 g/mol. The predicted octanol–water partition coefficient (Wildman–Crippen LogP) is 0.844. The van der Waals surface area contributed by atoms with Crippen molar-refractivity contribution in [3.8, 4) is 0 Å². The lowest BCUT2D eigenvalue weighted by molar-refractivity contribution is 0.122. The van der Waals surface area contributed by atoms with Gasteiger partial charge in [0.05, 0.1) is 13.2 Å². The van der Waals surface area contributed by atoms with Crippen LogP contribution < -0.4 is 9.80 Å². The standard InChI is InChI=1S/C15H25N5O/c1-18(2)13-4-3-5-20(11-13)15-10-14(16-12-17-15)19-6-8-21-9-7-19/h10,12-13H,3-9,11H2,1-2H3. The molecular formula is C15H25N5O. The Labute approximate surface area is 126 Å². The molecule has 0 saturated carbocycles. The summed E-state index contributed by atoms with van der Waals surface area (Å²) in [7, 11) is 4.32. The first-order valence-electron chi connectivity index (χ1n) is 7.80. The molecule has 1 atom stereocenters. The largest absolute Gasteiger partial charge is 0.378 e. The van der Waals surface area contributed by atoms with Gasteiger partial charge in [0.2, 0.25) is 0 Å². The molecule has 0 N–H and O–H groups in total. The number of hydrogen-bond donors (Lipinski definition) is 0. The number of nitrogens with zero attached hydrogens (tertiary/aromatic N) is 5. The molecule has 0 radical (unpaired) electrons. The van der Waals surface area contributed by atoms with E-state index in [2.05, 4.69) is 44.8 Å². The van der Waals surface area contributed by atoms with E-state index in [1.165, 1.54) is 12.8 Å². The van der Waals surface area contributed by atoms with E-state index in [0.717, 1.165) is 51.0 Å². The van der Waals surface area contributed by atoms with Crippen LogP contribution in [0.1, 0.15) is 12.8 Å². The number of hydrogen-bond acceptors (Lipinski definition) is 6. The Morgan fingerprint density at radius 2 is 1.81 bits per heavy atom. The van der Waals surface area contributed by atoms with Crippen LogP contribution in [0.2, 0.25) is 0 Å². The Kier molecular flexibility index (Phi) is 4.55. The highest BCUT2D eigenvalue weighted by Crippen LogP contribution is 2.23. The lowest BCUT2D eigenvalue weighted by Gasteiger charge is -2.37. The van der Waals surface area contributed by atoms with Gasteiger partial charge in [-0.3, -0.25) is 0 Å². The van der Waals surface area contributed by atoms with Crippen molar-refractivity contribution in [2.24, 2.45) is 0 Å². The molecule has 2 aliphatic heterocycles. The van der Waals surface area contributed by atoms with Crippen molar-refractivity contribution in [3.05, 3.63) is 12.4 Å². The van der Waals surface area contributed by atoms with Gasteiger partial charge in [-0.2, -0.15) is 0 Å². The van der Waals surface area contributed by atoms with Crippen molar-refractivity contribution < 1.29 is 4.74 Å². The third kappa shape index (κ3) is 3.44. The fraction of sp³-hybridized carbons (Fsp3) is 0.733. The molecule has 6 heteroatoms. The number of anilines is 2. The van der Waals surface area contributed by atoms with Gasteiger partial charge in [0.15, 0.2) is 0 Å². The van der Waals surface area contributed by atoms with E-state index in [-0.39, 0.29) is 0 Å². The molecule has 2 fully saturated rings. The van der Waals surface area contributed by atoms with E-state index in [1.54, 1.807) is 6.33 Å². The van der Waals surface area contributed by atoms with Crippen LogP contribution in [-0.4, -0.2) is 74.4 Å². The normalized spacial score (nSPS) is 23.7. The SMILES string of the molecule is CN(C)C1CCCN(c2cc(N3CCOCC3)ncn2)C1. The topological polar surface area (TPSA) is 44.7 Å². The van der Waals surface area contributed by atoms with Gasteiger partial charge in [0, 0.05) is 38.3 Å². The zero-order chi connectivity index (χ0) is 14.7. The van der Waals surface area contributed by atoms with Gasteiger partial charge in [-0.25, -0.2) is 9.97 Å². The molecule has 6 nitrogen and oxygen atoms in total. The van der Waals surface area contributed by atoms with Crippen LogP contribution in [0.3, 0.4) is 0 Å². The van der Waals surface area contributed by atoms with E-state index in [9.17, 15) is 0 Å². The quantitative estimate of drug-likeness (QED) is 0.822. The Morgan fingerprint density at radius 1 is 1.10 bits per heavy atom. The molecule has 1 aromatic heterocycles. The molecule has 0 amide bonds. The van der Waals surface area contributed by atoms with Crippen LogP contribution in [0.5, 0.6) is 0 Å². The van der Waals surface area contributed by atoms with Crippen LogP contribution in [0, 0.1) is 0 Å². The Bertz CT molecular complexity index is 461. The third-order valence-electron chi connectivity index (χ3n) is 4.42. The molecule has 1 aromatic rings. The fourth-order valence-electron chi connectivity index (χ4n) is 3.06. The molecule has 3 rings (SSSR count). The smallest absolute Gasteiger partial charge is 0.134 e. The highest BCUT2D eigenvalue weighted by molar-refractivity contribution is 5.50. The fourth-order valence-corrected chi connectivity index (χ4v) is 3.06. The average Bonchev–Trinajstić information content (AvgIpc) is 2.56. The third-order valence-corrected chi connectivity index (χ3v) is 4.42. The van der Waals surface area contributed by atoms with Crippen molar-refractivity contribution in [2.45, 2.75) is 18.9 Å². The zero-order valence-electron chi connectivity index (χ0n) is 13.0. The van der Waals surface area contributed by atoms with E-state index in [1.807, 2.05) is 0 Å². The summed E-state index contributed by atoms with van der Waals surface area (Å²) in [6.45, 7) is 5.53. The number of likely N-dealkylation sites (N-methyl/N-ethyl adjacent to an activating group) is 1. The molecule has 3 heterocycles. The molecule has 0 bridgehead atoms. The summed E-state index contributed by atoms with van der Waals surface area (Å²) in [6.07, 6.45) is 4.18. The van der Waals surface area contributed by atoms with Gasteiger partial charge in [-0.1, -0.05) is 0 Å². The number of rotatable bonds is 3. The summed E-state index contributed by atoms with van der Waals surface area (Å²) in [5.41, 5.74) is 0. The molecule has 0 spiro atoms. The summed E-state index contributed by atoms with van der Waals surface area (Å²) >= 11 is 0. The molecule has 21 heavy (non-hydrogen) atoms. The molecular weight excluding hydrogens is 266 g/mol. The van der Waals surface area contributed by atoms with Crippen LogP contribution in [0.15, 0.2) is 12.4 Å². The molecule has 1 unspecified atom stereocenters. The minimum atomic E-state index is 0.612. The van der Waals surface area contributed by atoms with Crippen LogP contribution in [0.25, 0.3) is 0 Å². The number of ether oxygens (including phenoxy) is 1. The van der Waals surface area contributed by atoms with E-state index >= 15 is 0 Å². The van der Waals surface area contributed by atoms with E-state index in [0.29, 0.717) is 6.04 Å². The van der Waals surface area contributed by atoms with Crippen molar-refractivity contribution in [3.63, 3.8) is 0 Å². The lowest BCUT2D eigenvalue weighted by Crippen LogP contribution is -2.45. The Balaban J connectivity index is 1.72. The molecule has 2 aliphatic rings. The predicted molar refractivity (Wildman–Crippen MR) is 84.0 cm³/mol. The van der Waals surface area contributed by atoms with Crippen LogP contribution >= 0.6 is 0 Å². The minimum Gasteiger partial charge on any atom is -0.378 e. The van der Waals surface area contributed by atoms with Gasteiger partial charge in [0.1, 0.15) is 18.0 Å². The Hall–Kier alpha value is -1.40. The summed E-state index contributed by atoms with van der Waals surface area (Å²) in [6, 6.07) is 2.74. The maximum atomic E-state index is 5.41. The summed E-state index contributed by atoms with van der Waals surface area (Å²) in [5, 5.41) is 0. The maximum absolute atomic E-state index is 5.41. The van der Waals surface area contributed by atoms with E-state index in [4.69, 9.17) is 4.74 Å². The lowest BCUT2D eigenvalue weighted by atomic mass is 10.1. The highest BCUT2D eigenvalue weighted by Gasteiger charge is 2.23. The average molecular weight is 291 g/mol. The van der Waals surface area contributed by atoms with Gasteiger partial charge in [-0.15, -0.1) is 0 Å². The second-order valence-electron chi connectivity index (χ2n) is 6.04. The molecule has 0 aromatic carbocycles.